The Bertz CT molecular complexity index is 1020. The van der Waals surface area contributed by atoms with Gasteiger partial charge in [0.05, 0.1) is 17.9 Å². The first-order valence-electron chi connectivity index (χ1n) is 7.62. The van der Waals surface area contributed by atoms with E-state index in [0.717, 1.165) is 11.3 Å². The molecule has 0 radical (unpaired) electrons. The van der Waals surface area contributed by atoms with Crippen molar-refractivity contribution in [2.45, 2.75) is 6.54 Å². The third-order valence-corrected chi connectivity index (χ3v) is 5.34. The minimum absolute atomic E-state index is 0.0126. The van der Waals surface area contributed by atoms with Crippen LogP contribution in [-0.4, -0.2) is 24.0 Å². The van der Waals surface area contributed by atoms with E-state index in [1.807, 2.05) is 42.5 Å². The lowest BCUT2D eigenvalue weighted by Crippen LogP contribution is -2.28. The Morgan fingerprint density at radius 3 is 2.44 bits per heavy atom. The predicted octanol–water partition coefficient (Wildman–Crippen LogP) is 3.75. The van der Waals surface area contributed by atoms with Crippen molar-refractivity contribution < 1.29 is 13.2 Å². The summed E-state index contributed by atoms with van der Waals surface area (Å²) < 4.78 is 33.6. The number of para-hydroxylation sites is 1. The van der Waals surface area contributed by atoms with Gasteiger partial charge in [-0.05, 0) is 29.8 Å². The summed E-state index contributed by atoms with van der Waals surface area (Å²) in [5, 5.41) is 4.47. The van der Waals surface area contributed by atoms with Crippen LogP contribution in [0.25, 0.3) is 11.1 Å². The molecule has 3 aromatic rings. The van der Waals surface area contributed by atoms with Gasteiger partial charge in [-0.2, -0.15) is 5.10 Å². The van der Waals surface area contributed by atoms with Crippen LogP contribution in [0.2, 0.25) is 5.15 Å². The quantitative estimate of drug-likeness (QED) is 0.756. The summed E-state index contributed by atoms with van der Waals surface area (Å²) >= 11 is 6.23. The molecule has 2 heterocycles. The van der Waals surface area contributed by atoms with Crippen molar-refractivity contribution in [3.63, 3.8) is 0 Å². The van der Waals surface area contributed by atoms with Crippen LogP contribution in [0, 0.1) is 0 Å². The Kier molecular flexibility index (Phi) is 3.89. The SMILES string of the molecule is O=S1(=O)CCn2nc(Cl)c(-c3ccc(Oc4ccccc4)cc3)c2N1. The van der Waals surface area contributed by atoms with E-state index in [1.165, 1.54) is 0 Å². The molecule has 0 bridgehead atoms. The zero-order valence-corrected chi connectivity index (χ0v) is 14.6. The molecule has 1 aromatic heterocycles. The fourth-order valence-electron chi connectivity index (χ4n) is 2.67. The Balaban J connectivity index is 1.66. The number of nitrogens with one attached hydrogen (secondary N) is 1. The molecule has 6 nitrogen and oxygen atoms in total. The van der Waals surface area contributed by atoms with E-state index in [-0.39, 0.29) is 17.5 Å². The van der Waals surface area contributed by atoms with E-state index in [0.29, 0.717) is 17.1 Å². The van der Waals surface area contributed by atoms with Crippen molar-refractivity contribution >= 4 is 27.4 Å². The highest BCUT2D eigenvalue weighted by Crippen LogP contribution is 2.37. The second-order valence-electron chi connectivity index (χ2n) is 5.60. The molecule has 2 aromatic carbocycles. The van der Waals surface area contributed by atoms with Gasteiger partial charge in [-0.3, -0.25) is 4.72 Å². The molecule has 0 unspecified atom stereocenters. The van der Waals surface area contributed by atoms with Crippen molar-refractivity contribution in [3.05, 3.63) is 59.8 Å². The molecule has 0 spiro atoms. The minimum atomic E-state index is -3.36. The molecule has 1 N–H and O–H groups in total. The number of nitrogens with zero attached hydrogens (tertiary/aromatic N) is 2. The average molecular weight is 376 g/mol. The number of sulfonamides is 1. The van der Waals surface area contributed by atoms with Gasteiger partial charge in [-0.15, -0.1) is 0 Å². The topological polar surface area (TPSA) is 73.2 Å². The van der Waals surface area contributed by atoms with Crippen LogP contribution < -0.4 is 9.46 Å². The molecule has 1 aliphatic rings. The first-order valence-corrected chi connectivity index (χ1v) is 9.65. The van der Waals surface area contributed by atoms with E-state index in [4.69, 9.17) is 16.3 Å². The summed E-state index contributed by atoms with van der Waals surface area (Å²) in [5.74, 6) is 1.80. The standard InChI is InChI=1S/C17H14ClN3O3S/c18-16-15(17-20-25(22,23)11-10-21(17)19-16)12-6-8-14(9-7-12)24-13-4-2-1-3-5-13/h1-9,20H,10-11H2. The van der Waals surface area contributed by atoms with Crippen LogP contribution in [-0.2, 0) is 16.6 Å². The Hall–Kier alpha value is -2.51. The summed E-state index contributed by atoms with van der Waals surface area (Å²) in [5.41, 5.74) is 1.33. The van der Waals surface area contributed by atoms with Crippen molar-refractivity contribution in [2.75, 3.05) is 10.5 Å². The predicted molar refractivity (Wildman–Crippen MR) is 96.6 cm³/mol. The zero-order chi connectivity index (χ0) is 17.4. The number of aromatic nitrogens is 2. The highest BCUT2D eigenvalue weighted by molar-refractivity contribution is 7.92. The van der Waals surface area contributed by atoms with Gasteiger partial charge in [0.25, 0.3) is 0 Å². The smallest absolute Gasteiger partial charge is 0.235 e. The van der Waals surface area contributed by atoms with Gasteiger partial charge in [-0.1, -0.05) is 41.9 Å². The molecule has 0 aliphatic carbocycles. The largest absolute Gasteiger partial charge is 0.457 e. The van der Waals surface area contributed by atoms with Crippen LogP contribution in [0.4, 0.5) is 5.82 Å². The normalized spacial score (nSPS) is 15.2. The molecule has 4 rings (SSSR count). The van der Waals surface area contributed by atoms with Gasteiger partial charge in [-0.25, -0.2) is 13.1 Å². The molecule has 25 heavy (non-hydrogen) atoms. The maximum Gasteiger partial charge on any atom is 0.235 e. The molecule has 0 saturated heterocycles. The summed E-state index contributed by atoms with van der Waals surface area (Å²) in [4.78, 5) is 0. The number of ether oxygens (including phenoxy) is 1. The van der Waals surface area contributed by atoms with Gasteiger partial charge >= 0.3 is 0 Å². The summed E-state index contributed by atoms with van der Waals surface area (Å²) in [6, 6.07) is 16.7. The van der Waals surface area contributed by atoms with Gasteiger partial charge in [0.15, 0.2) is 5.15 Å². The van der Waals surface area contributed by atoms with E-state index in [1.54, 1.807) is 16.8 Å². The molecule has 0 atom stereocenters. The molecule has 8 heteroatoms. The van der Waals surface area contributed by atoms with Crippen LogP contribution in [0.1, 0.15) is 0 Å². The number of halogens is 1. The van der Waals surface area contributed by atoms with Gasteiger partial charge in [0.2, 0.25) is 10.0 Å². The lowest BCUT2D eigenvalue weighted by molar-refractivity contribution is 0.483. The highest BCUT2D eigenvalue weighted by Gasteiger charge is 2.27. The van der Waals surface area contributed by atoms with Gasteiger partial charge in [0, 0.05) is 0 Å². The average Bonchev–Trinajstić information content (AvgIpc) is 2.91. The first-order chi connectivity index (χ1) is 12.0. The number of fused-ring (bicyclic) bond motifs is 1. The maximum absolute atomic E-state index is 11.8. The molecule has 128 valence electrons. The first kappa shape index (κ1) is 16.0. The van der Waals surface area contributed by atoms with Crippen LogP contribution in [0.15, 0.2) is 54.6 Å². The monoisotopic (exact) mass is 375 g/mol. The molecule has 0 fully saturated rings. The second kappa shape index (κ2) is 6.09. The third-order valence-electron chi connectivity index (χ3n) is 3.86. The Morgan fingerprint density at radius 1 is 1.04 bits per heavy atom. The molecule has 0 amide bonds. The lowest BCUT2D eigenvalue weighted by Gasteiger charge is -2.17. The fraction of sp³-hybridized carbons (Fsp3) is 0.118. The molecule has 0 saturated carbocycles. The number of aryl methyl sites for hydroxylation is 1. The lowest BCUT2D eigenvalue weighted by atomic mass is 10.1. The Morgan fingerprint density at radius 2 is 1.72 bits per heavy atom. The van der Waals surface area contributed by atoms with E-state index >= 15 is 0 Å². The van der Waals surface area contributed by atoms with Gasteiger partial charge in [0.1, 0.15) is 17.3 Å². The number of anilines is 1. The highest BCUT2D eigenvalue weighted by atomic mass is 35.5. The van der Waals surface area contributed by atoms with Gasteiger partial charge < -0.3 is 4.74 Å². The summed E-state index contributed by atoms with van der Waals surface area (Å²) in [6.45, 7) is 0.277. The number of rotatable bonds is 3. The molecular formula is C17H14ClN3O3S. The van der Waals surface area contributed by atoms with Crippen molar-refractivity contribution in [1.82, 2.24) is 9.78 Å². The van der Waals surface area contributed by atoms with Crippen LogP contribution in [0.5, 0.6) is 11.5 Å². The third kappa shape index (κ3) is 3.20. The number of hydrogen-bond donors (Lipinski definition) is 1. The molecular weight excluding hydrogens is 362 g/mol. The van der Waals surface area contributed by atoms with Crippen LogP contribution >= 0.6 is 11.6 Å². The van der Waals surface area contributed by atoms with Crippen LogP contribution in [0.3, 0.4) is 0 Å². The summed E-state index contributed by atoms with van der Waals surface area (Å²) in [7, 11) is -3.36. The second-order valence-corrected chi connectivity index (χ2v) is 7.80. The number of benzene rings is 2. The fourth-order valence-corrected chi connectivity index (χ4v) is 3.98. The molecule has 1 aliphatic heterocycles. The van der Waals surface area contributed by atoms with E-state index in [2.05, 4.69) is 9.82 Å². The van der Waals surface area contributed by atoms with E-state index in [9.17, 15) is 8.42 Å². The Labute approximate surface area is 150 Å². The van der Waals surface area contributed by atoms with Crippen molar-refractivity contribution in [2.24, 2.45) is 0 Å². The zero-order valence-electron chi connectivity index (χ0n) is 13.0. The number of hydrogen-bond acceptors (Lipinski definition) is 4. The minimum Gasteiger partial charge on any atom is -0.457 e. The van der Waals surface area contributed by atoms with Crippen molar-refractivity contribution in [3.8, 4) is 22.6 Å². The van der Waals surface area contributed by atoms with Crippen molar-refractivity contribution in [1.29, 1.82) is 0 Å². The summed E-state index contributed by atoms with van der Waals surface area (Å²) in [6.07, 6.45) is 0. The maximum atomic E-state index is 11.8. The van der Waals surface area contributed by atoms with E-state index < -0.39 is 10.0 Å².